The van der Waals surface area contributed by atoms with Crippen molar-refractivity contribution < 1.29 is 4.79 Å². The van der Waals surface area contributed by atoms with Crippen LogP contribution in [0.5, 0.6) is 0 Å². The summed E-state index contributed by atoms with van der Waals surface area (Å²) in [5.74, 6) is 0. The van der Waals surface area contributed by atoms with Crippen LogP contribution in [0.15, 0.2) is 30.6 Å². The topological polar surface area (TPSA) is 49.6 Å². The highest BCUT2D eigenvalue weighted by Crippen LogP contribution is 2.04. The first-order valence-corrected chi connectivity index (χ1v) is 6.70. The Bertz CT molecular complexity index is 512. The van der Waals surface area contributed by atoms with Crippen molar-refractivity contribution in [1.29, 1.82) is 0 Å². The lowest BCUT2D eigenvalue weighted by Crippen LogP contribution is -2.40. The monoisotopic (exact) mass is 260 g/mol. The van der Waals surface area contributed by atoms with Gasteiger partial charge in [0.05, 0.1) is 5.69 Å². The fourth-order valence-corrected chi connectivity index (χ4v) is 2.03. The fourth-order valence-electron chi connectivity index (χ4n) is 2.03. The molecule has 0 aromatic carbocycles. The number of aromatic nitrogens is 2. The Morgan fingerprint density at radius 2 is 2.16 bits per heavy atom. The summed E-state index contributed by atoms with van der Waals surface area (Å²) in [6, 6.07) is 5.90. The number of pyridine rings is 1. The van der Waals surface area contributed by atoms with E-state index in [2.05, 4.69) is 10.3 Å². The molecule has 0 atom stereocenters. The van der Waals surface area contributed by atoms with Crippen LogP contribution in [-0.2, 0) is 6.42 Å². The number of carbonyl (C=O) groups is 1. The number of fused-ring (bicyclic) bond motifs is 1. The maximum atomic E-state index is 11.8. The molecule has 0 aliphatic rings. The Morgan fingerprint density at radius 1 is 1.37 bits per heavy atom. The molecule has 1 N–H and O–H groups in total. The number of hydrogen-bond donors (Lipinski definition) is 1. The first kappa shape index (κ1) is 13.4. The molecular formula is C14H20N4O. The van der Waals surface area contributed by atoms with Crippen LogP contribution in [0.3, 0.4) is 0 Å². The number of rotatable bonds is 5. The normalized spacial score (nSPS) is 10.6. The molecule has 5 nitrogen and oxygen atoms in total. The minimum absolute atomic E-state index is 0.00577. The van der Waals surface area contributed by atoms with E-state index in [-0.39, 0.29) is 6.03 Å². The lowest BCUT2D eigenvalue weighted by molar-refractivity contribution is 0.203. The van der Waals surface area contributed by atoms with Crippen molar-refractivity contribution in [3.63, 3.8) is 0 Å². The number of carbonyl (C=O) groups excluding carboxylic acids is 1. The van der Waals surface area contributed by atoms with Gasteiger partial charge in [0, 0.05) is 38.4 Å². The quantitative estimate of drug-likeness (QED) is 0.893. The van der Waals surface area contributed by atoms with Crippen LogP contribution < -0.4 is 5.32 Å². The van der Waals surface area contributed by atoms with Crippen molar-refractivity contribution >= 4 is 11.7 Å². The maximum Gasteiger partial charge on any atom is 0.317 e. The van der Waals surface area contributed by atoms with Gasteiger partial charge >= 0.3 is 6.03 Å². The van der Waals surface area contributed by atoms with Crippen molar-refractivity contribution in [1.82, 2.24) is 19.6 Å². The Morgan fingerprint density at radius 3 is 2.84 bits per heavy atom. The van der Waals surface area contributed by atoms with Crippen LogP contribution in [0.25, 0.3) is 5.65 Å². The van der Waals surface area contributed by atoms with Gasteiger partial charge in [-0.25, -0.2) is 9.78 Å². The molecule has 5 heteroatoms. The van der Waals surface area contributed by atoms with Crippen LogP contribution in [-0.4, -0.2) is 39.9 Å². The molecule has 0 saturated heterocycles. The number of nitrogens with zero attached hydrogens (tertiary/aromatic N) is 3. The van der Waals surface area contributed by atoms with Gasteiger partial charge in [0.2, 0.25) is 0 Å². The van der Waals surface area contributed by atoms with E-state index in [9.17, 15) is 4.79 Å². The SMILES string of the molecule is CCN(CC)C(=O)NCCc1cn2ccccc2n1. The molecule has 0 fully saturated rings. The molecule has 2 amide bonds. The number of amides is 2. The summed E-state index contributed by atoms with van der Waals surface area (Å²) < 4.78 is 1.99. The molecule has 0 saturated carbocycles. The fraction of sp³-hybridized carbons (Fsp3) is 0.429. The lowest BCUT2D eigenvalue weighted by atomic mass is 10.3. The summed E-state index contributed by atoms with van der Waals surface area (Å²) in [6.45, 7) is 6.03. The van der Waals surface area contributed by atoms with E-state index in [0.717, 1.165) is 30.9 Å². The van der Waals surface area contributed by atoms with Crippen LogP contribution in [0.1, 0.15) is 19.5 Å². The molecule has 2 heterocycles. The van der Waals surface area contributed by atoms with Gasteiger partial charge in [-0.1, -0.05) is 6.07 Å². The van der Waals surface area contributed by atoms with Crippen LogP contribution in [0, 0.1) is 0 Å². The number of nitrogens with one attached hydrogen (secondary N) is 1. The van der Waals surface area contributed by atoms with Crippen molar-refractivity contribution in [2.45, 2.75) is 20.3 Å². The predicted octanol–water partition coefficient (Wildman–Crippen LogP) is 1.93. The molecule has 0 unspecified atom stereocenters. The standard InChI is InChI=1S/C14H20N4O/c1-3-17(4-2)14(19)15-9-8-12-11-18-10-6-5-7-13(18)16-12/h5-7,10-11H,3-4,8-9H2,1-2H3,(H,15,19). The minimum Gasteiger partial charge on any atom is -0.338 e. The molecule has 0 aliphatic heterocycles. The second kappa shape index (κ2) is 6.22. The molecule has 2 aromatic rings. The van der Waals surface area contributed by atoms with E-state index >= 15 is 0 Å². The van der Waals surface area contributed by atoms with E-state index in [1.165, 1.54) is 0 Å². The van der Waals surface area contributed by atoms with Gasteiger partial charge in [0.25, 0.3) is 0 Å². The Labute approximate surface area is 113 Å². The van der Waals surface area contributed by atoms with Gasteiger partial charge in [-0.15, -0.1) is 0 Å². The summed E-state index contributed by atoms with van der Waals surface area (Å²) >= 11 is 0. The Hall–Kier alpha value is -2.04. The molecule has 0 radical (unpaired) electrons. The smallest absolute Gasteiger partial charge is 0.317 e. The first-order chi connectivity index (χ1) is 9.24. The predicted molar refractivity (Wildman–Crippen MR) is 75.2 cm³/mol. The average Bonchev–Trinajstić information content (AvgIpc) is 2.82. The Kier molecular flexibility index (Phi) is 4.39. The number of urea groups is 1. The molecule has 0 bridgehead atoms. The van der Waals surface area contributed by atoms with Crippen molar-refractivity contribution in [2.24, 2.45) is 0 Å². The van der Waals surface area contributed by atoms with Gasteiger partial charge in [0.15, 0.2) is 0 Å². The third-order valence-electron chi connectivity index (χ3n) is 3.12. The molecule has 2 rings (SSSR count). The van der Waals surface area contributed by atoms with E-state index < -0.39 is 0 Å². The number of hydrogen-bond acceptors (Lipinski definition) is 2. The largest absolute Gasteiger partial charge is 0.338 e. The van der Waals surface area contributed by atoms with Gasteiger partial charge in [-0.3, -0.25) is 0 Å². The molecule has 0 spiro atoms. The van der Waals surface area contributed by atoms with Gasteiger partial charge in [-0.05, 0) is 26.0 Å². The van der Waals surface area contributed by atoms with E-state index in [4.69, 9.17) is 0 Å². The lowest BCUT2D eigenvalue weighted by Gasteiger charge is -2.18. The van der Waals surface area contributed by atoms with E-state index in [0.29, 0.717) is 6.54 Å². The molecule has 2 aromatic heterocycles. The minimum atomic E-state index is -0.00577. The summed E-state index contributed by atoms with van der Waals surface area (Å²) in [5, 5.41) is 2.92. The van der Waals surface area contributed by atoms with Crippen molar-refractivity contribution in [3.05, 3.63) is 36.3 Å². The highest BCUT2D eigenvalue weighted by Gasteiger charge is 2.08. The van der Waals surface area contributed by atoms with Crippen LogP contribution >= 0.6 is 0 Å². The summed E-state index contributed by atoms with van der Waals surface area (Å²) in [6.07, 6.45) is 4.72. The zero-order valence-corrected chi connectivity index (χ0v) is 11.5. The van der Waals surface area contributed by atoms with Gasteiger partial charge < -0.3 is 14.6 Å². The number of imidazole rings is 1. The average molecular weight is 260 g/mol. The maximum absolute atomic E-state index is 11.8. The third kappa shape index (κ3) is 3.24. The molecule has 19 heavy (non-hydrogen) atoms. The first-order valence-electron chi connectivity index (χ1n) is 6.70. The molecule has 102 valence electrons. The second-order valence-corrected chi connectivity index (χ2v) is 4.35. The molecular weight excluding hydrogens is 240 g/mol. The van der Waals surface area contributed by atoms with Crippen molar-refractivity contribution in [2.75, 3.05) is 19.6 Å². The van der Waals surface area contributed by atoms with E-state index in [1.54, 1.807) is 4.90 Å². The highest BCUT2D eigenvalue weighted by molar-refractivity contribution is 5.74. The van der Waals surface area contributed by atoms with Gasteiger partial charge in [0.1, 0.15) is 5.65 Å². The zero-order chi connectivity index (χ0) is 13.7. The van der Waals surface area contributed by atoms with Crippen LogP contribution in [0.4, 0.5) is 4.79 Å². The van der Waals surface area contributed by atoms with Gasteiger partial charge in [-0.2, -0.15) is 0 Å². The summed E-state index contributed by atoms with van der Waals surface area (Å²) in [5.41, 5.74) is 1.93. The van der Waals surface area contributed by atoms with Crippen LogP contribution in [0.2, 0.25) is 0 Å². The third-order valence-corrected chi connectivity index (χ3v) is 3.12. The summed E-state index contributed by atoms with van der Waals surface area (Å²) in [4.78, 5) is 18.0. The summed E-state index contributed by atoms with van der Waals surface area (Å²) in [7, 11) is 0. The second-order valence-electron chi connectivity index (χ2n) is 4.35. The van der Waals surface area contributed by atoms with Crippen molar-refractivity contribution in [3.8, 4) is 0 Å². The molecule has 0 aliphatic carbocycles. The van der Waals surface area contributed by atoms with E-state index in [1.807, 2.05) is 48.8 Å². The Balaban J connectivity index is 1.87. The zero-order valence-electron chi connectivity index (χ0n) is 11.5. The highest BCUT2D eigenvalue weighted by atomic mass is 16.2.